The lowest BCUT2D eigenvalue weighted by Crippen LogP contribution is -2.07. The monoisotopic (exact) mass is 376 g/mol. The molecule has 0 heterocycles. The Morgan fingerprint density at radius 3 is 1.79 bits per heavy atom. The molecule has 0 nitrogen and oxygen atoms in total. The molecule has 0 saturated carbocycles. The highest BCUT2D eigenvalue weighted by atomic mass is 14.2. The van der Waals surface area contributed by atoms with Crippen LogP contribution in [-0.2, 0) is 19.3 Å². The molecule has 4 aromatic carbocycles. The average molecular weight is 377 g/mol. The van der Waals surface area contributed by atoms with Crippen molar-refractivity contribution in [1.29, 1.82) is 0 Å². The van der Waals surface area contributed by atoms with Gasteiger partial charge in [0, 0.05) is 5.92 Å². The summed E-state index contributed by atoms with van der Waals surface area (Å²) < 4.78 is 0. The van der Waals surface area contributed by atoms with Crippen LogP contribution in [0.2, 0.25) is 0 Å². The van der Waals surface area contributed by atoms with Crippen LogP contribution in [0.1, 0.15) is 46.2 Å². The molecule has 0 aromatic heterocycles. The summed E-state index contributed by atoms with van der Waals surface area (Å²) in [6.45, 7) is 2.34. The van der Waals surface area contributed by atoms with Gasteiger partial charge < -0.3 is 0 Å². The number of benzene rings is 4. The summed E-state index contributed by atoms with van der Waals surface area (Å²) >= 11 is 0. The molecule has 144 valence electrons. The lowest BCUT2D eigenvalue weighted by Gasteiger charge is -2.21. The van der Waals surface area contributed by atoms with Crippen molar-refractivity contribution in [2.24, 2.45) is 0 Å². The maximum atomic E-state index is 2.34. The van der Waals surface area contributed by atoms with E-state index in [4.69, 9.17) is 0 Å². The minimum Gasteiger partial charge on any atom is -0.0622 e. The Kier molecular flexibility index (Phi) is 6.22. The molecule has 0 radical (unpaired) electrons. The largest absolute Gasteiger partial charge is 0.0622 e. The number of hydrogen-bond acceptors (Lipinski definition) is 0. The number of aryl methyl sites for hydroxylation is 1. The van der Waals surface area contributed by atoms with Gasteiger partial charge >= 0.3 is 0 Å². The Balaban J connectivity index is 1.70. The van der Waals surface area contributed by atoms with Gasteiger partial charge in [-0.25, -0.2) is 0 Å². The first-order valence-electron chi connectivity index (χ1n) is 10.5. The lowest BCUT2D eigenvalue weighted by atomic mass is 9.84. The van der Waals surface area contributed by atoms with E-state index in [-0.39, 0.29) is 0 Å². The number of rotatable bonds is 7. The van der Waals surface area contributed by atoms with Gasteiger partial charge in [-0.15, -0.1) is 0 Å². The van der Waals surface area contributed by atoms with Gasteiger partial charge in [0.05, 0.1) is 0 Å². The van der Waals surface area contributed by atoms with Crippen molar-refractivity contribution >= 4 is 0 Å². The highest BCUT2D eigenvalue weighted by molar-refractivity contribution is 5.44. The van der Waals surface area contributed by atoms with Crippen molar-refractivity contribution in [2.45, 2.75) is 32.1 Å². The molecule has 0 aliphatic rings. The fourth-order valence-electron chi connectivity index (χ4n) is 4.18. The zero-order chi connectivity index (χ0) is 19.9. The van der Waals surface area contributed by atoms with Crippen LogP contribution >= 0.6 is 0 Å². The van der Waals surface area contributed by atoms with E-state index in [1.807, 2.05) is 0 Å². The molecule has 4 rings (SSSR count). The second kappa shape index (κ2) is 9.39. The topological polar surface area (TPSA) is 0 Å². The minimum atomic E-state index is 0.387. The highest BCUT2D eigenvalue weighted by Crippen LogP contribution is 2.31. The molecule has 0 fully saturated rings. The summed E-state index contributed by atoms with van der Waals surface area (Å²) in [5, 5.41) is 0. The van der Waals surface area contributed by atoms with Gasteiger partial charge in [-0.1, -0.05) is 116 Å². The first-order valence-corrected chi connectivity index (χ1v) is 10.5. The average Bonchev–Trinajstić information content (AvgIpc) is 2.79. The van der Waals surface area contributed by atoms with Crippen LogP contribution in [0.15, 0.2) is 109 Å². The highest BCUT2D eigenvalue weighted by Gasteiger charge is 2.16. The third kappa shape index (κ3) is 4.84. The van der Waals surface area contributed by atoms with E-state index < -0.39 is 0 Å². The molecule has 0 heteroatoms. The van der Waals surface area contributed by atoms with Crippen molar-refractivity contribution < 1.29 is 0 Å². The Labute approximate surface area is 174 Å². The van der Waals surface area contributed by atoms with Gasteiger partial charge in [0.15, 0.2) is 0 Å². The van der Waals surface area contributed by atoms with E-state index >= 15 is 0 Å². The summed E-state index contributed by atoms with van der Waals surface area (Å²) in [6, 6.07) is 39.4. The van der Waals surface area contributed by atoms with Gasteiger partial charge in [-0.05, 0) is 52.6 Å². The van der Waals surface area contributed by atoms with E-state index in [9.17, 15) is 0 Å². The standard InChI is InChI=1S/C29H28/c1-23(26-16-9-4-10-17-26)28-19-11-18-27(22-25-14-7-3-8-15-25)29(28)21-20-24-12-5-2-6-13-24/h2-19,23H,20-22H2,1H3. The second-order valence-corrected chi connectivity index (χ2v) is 7.77. The van der Waals surface area contributed by atoms with Crippen LogP contribution in [0.5, 0.6) is 0 Å². The summed E-state index contributed by atoms with van der Waals surface area (Å²) in [5.74, 6) is 0.387. The fourth-order valence-corrected chi connectivity index (χ4v) is 4.18. The van der Waals surface area contributed by atoms with Crippen LogP contribution in [0, 0.1) is 0 Å². The zero-order valence-corrected chi connectivity index (χ0v) is 17.1. The van der Waals surface area contributed by atoms with E-state index in [1.165, 1.54) is 33.4 Å². The molecule has 1 atom stereocenters. The fraction of sp³-hybridized carbons (Fsp3) is 0.172. The van der Waals surface area contributed by atoms with Crippen LogP contribution in [0.4, 0.5) is 0 Å². The molecule has 0 spiro atoms. The van der Waals surface area contributed by atoms with Crippen molar-refractivity contribution in [1.82, 2.24) is 0 Å². The number of hydrogen-bond donors (Lipinski definition) is 0. The Morgan fingerprint density at radius 1 is 0.552 bits per heavy atom. The normalized spacial score (nSPS) is 11.9. The second-order valence-electron chi connectivity index (χ2n) is 7.77. The van der Waals surface area contributed by atoms with E-state index in [0.29, 0.717) is 5.92 Å². The van der Waals surface area contributed by atoms with Gasteiger partial charge in [0.25, 0.3) is 0 Å². The van der Waals surface area contributed by atoms with Crippen molar-refractivity contribution in [3.05, 3.63) is 143 Å². The van der Waals surface area contributed by atoms with Crippen molar-refractivity contribution in [2.75, 3.05) is 0 Å². The SMILES string of the molecule is CC(c1ccccc1)c1cccc(Cc2ccccc2)c1CCc1ccccc1. The predicted molar refractivity (Wildman–Crippen MR) is 123 cm³/mol. The molecule has 0 bridgehead atoms. The lowest BCUT2D eigenvalue weighted by molar-refractivity contribution is 0.853. The molecule has 0 aliphatic carbocycles. The molecule has 4 aromatic rings. The first kappa shape index (κ1) is 19.2. The third-order valence-corrected chi connectivity index (χ3v) is 5.82. The predicted octanol–water partition coefficient (Wildman–Crippen LogP) is 7.21. The van der Waals surface area contributed by atoms with Crippen LogP contribution in [0.3, 0.4) is 0 Å². The first-order chi connectivity index (χ1) is 14.3. The smallest absolute Gasteiger partial charge is 0.00638 e. The van der Waals surface area contributed by atoms with Gasteiger partial charge in [-0.3, -0.25) is 0 Å². The molecule has 0 N–H and O–H groups in total. The maximum absolute atomic E-state index is 2.34. The van der Waals surface area contributed by atoms with Gasteiger partial charge in [-0.2, -0.15) is 0 Å². The Morgan fingerprint density at radius 2 is 1.14 bits per heavy atom. The summed E-state index contributed by atoms with van der Waals surface area (Å²) in [4.78, 5) is 0. The molecule has 0 amide bonds. The summed E-state index contributed by atoms with van der Waals surface area (Å²) in [7, 11) is 0. The van der Waals surface area contributed by atoms with Crippen molar-refractivity contribution in [3.8, 4) is 0 Å². The van der Waals surface area contributed by atoms with Crippen LogP contribution in [0.25, 0.3) is 0 Å². The van der Waals surface area contributed by atoms with Crippen molar-refractivity contribution in [3.63, 3.8) is 0 Å². The summed E-state index contributed by atoms with van der Waals surface area (Å²) in [6.07, 6.45) is 3.13. The molecule has 0 saturated heterocycles. The Bertz CT molecular complexity index is 1020. The maximum Gasteiger partial charge on any atom is 0.00638 e. The van der Waals surface area contributed by atoms with E-state index in [1.54, 1.807) is 0 Å². The van der Waals surface area contributed by atoms with E-state index in [2.05, 4.69) is 116 Å². The molecule has 0 aliphatic heterocycles. The van der Waals surface area contributed by atoms with Crippen LogP contribution in [-0.4, -0.2) is 0 Å². The van der Waals surface area contributed by atoms with Gasteiger partial charge in [0.1, 0.15) is 0 Å². The quantitative estimate of drug-likeness (QED) is 0.319. The molecular formula is C29H28. The molecular weight excluding hydrogens is 348 g/mol. The zero-order valence-electron chi connectivity index (χ0n) is 17.1. The minimum absolute atomic E-state index is 0.387. The molecule has 1 unspecified atom stereocenters. The van der Waals surface area contributed by atoms with E-state index in [0.717, 1.165) is 19.3 Å². The Hall–Kier alpha value is -3.12. The van der Waals surface area contributed by atoms with Crippen LogP contribution < -0.4 is 0 Å². The van der Waals surface area contributed by atoms with Gasteiger partial charge in [0.2, 0.25) is 0 Å². The third-order valence-electron chi connectivity index (χ3n) is 5.82. The summed E-state index contributed by atoms with van der Waals surface area (Å²) in [5.41, 5.74) is 8.58. The molecule has 29 heavy (non-hydrogen) atoms.